The molecule has 0 spiro atoms. The first-order valence-electron chi connectivity index (χ1n) is 5.20. The number of aliphatic hydroxyl groups excluding tert-OH is 1. The number of hydrogen-bond acceptors (Lipinski definition) is 3. The first kappa shape index (κ1) is 13.2. The van der Waals surface area contributed by atoms with Gasteiger partial charge in [0.2, 0.25) is 0 Å². The summed E-state index contributed by atoms with van der Waals surface area (Å²) in [5.74, 6) is 0. The molecule has 4 heteroatoms. The number of hydrogen-bond donors (Lipinski definition) is 2. The Hall–Kier alpha value is -0.770. The SMILES string of the molecule is CCCCC(O)CCCNC(=O)OC. The number of alkyl carbamates (subject to hydrolysis) is 1. The molecule has 1 unspecified atom stereocenters. The van der Waals surface area contributed by atoms with Gasteiger partial charge in [-0.3, -0.25) is 0 Å². The average Bonchev–Trinajstić information content (AvgIpc) is 2.21. The van der Waals surface area contributed by atoms with Gasteiger partial charge in [-0.2, -0.15) is 0 Å². The number of ether oxygens (including phenoxy) is 1. The molecule has 0 bridgehead atoms. The van der Waals surface area contributed by atoms with E-state index in [-0.39, 0.29) is 6.10 Å². The van der Waals surface area contributed by atoms with Crippen molar-refractivity contribution in [1.29, 1.82) is 0 Å². The van der Waals surface area contributed by atoms with Crippen molar-refractivity contribution >= 4 is 6.09 Å². The Morgan fingerprint density at radius 1 is 1.43 bits per heavy atom. The number of nitrogens with one attached hydrogen (secondary N) is 1. The van der Waals surface area contributed by atoms with Crippen molar-refractivity contribution in [2.24, 2.45) is 0 Å². The van der Waals surface area contributed by atoms with Crippen LogP contribution in [0.1, 0.15) is 39.0 Å². The highest BCUT2D eigenvalue weighted by atomic mass is 16.5. The number of methoxy groups -OCH3 is 1. The van der Waals surface area contributed by atoms with E-state index in [1.807, 2.05) is 0 Å². The van der Waals surface area contributed by atoms with Gasteiger partial charge in [0.1, 0.15) is 0 Å². The molecule has 0 aromatic heterocycles. The van der Waals surface area contributed by atoms with Gasteiger partial charge < -0.3 is 15.2 Å². The van der Waals surface area contributed by atoms with Crippen molar-refractivity contribution < 1.29 is 14.6 Å². The highest BCUT2D eigenvalue weighted by Crippen LogP contribution is 2.05. The van der Waals surface area contributed by atoms with Crippen LogP contribution in [0.15, 0.2) is 0 Å². The standard InChI is InChI=1S/C10H21NO3/c1-3-4-6-9(12)7-5-8-11-10(13)14-2/h9,12H,3-8H2,1-2H3,(H,11,13). The number of rotatable bonds is 7. The van der Waals surface area contributed by atoms with Crippen LogP contribution >= 0.6 is 0 Å². The molecule has 0 heterocycles. The Bertz CT molecular complexity index is 150. The van der Waals surface area contributed by atoms with E-state index in [1.165, 1.54) is 7.11 Å². The topological polar surface area (TPSA) is 58.6 Å². The van der Waals surface area contributed by atoms with Crippen LogP contribution in [0, 0.1) is 0 Å². The van der Waals surface area contributed by atoms with Gasteiger partial charge in [-0.25, -0.2) is 4.79 Å². The van der Waals surface area contributed by atoms with Crippen LogP contribution in [0.2, 0.25) is 0 Å². The summed E-state index contributed by atoms with van der Waals surface area (Å²) in [5, 5.41) is 12.0. The lowest BCUT2D eigenvalue weighted by atomic mass is 10.1. The first-order valence-corrected chi connectivity index (χ1v) is 5.20. The normalized spacial score (nSPS) is 12.2. The second kappa shape index (κ2) is 8.81. The molecule has 2 N–H and O–H groups in total. The lowest BCUT2D eigenvalue weighted by Crippen LogP contribution is -2.24. The van der Waals surface area contributed by atoms with E-state index in [4.69, 9.17) is 0 Å². The van der Waals surface area contributed by atoms with Crippen molar-refractivity contribution in [2.75, 3.05) is 13.7 Å². The van der Waals surface area contributed by atoms with Crippen LogP contribution in [0.5, 0.6) is 0 Å². The third-order valence-electron chi connectivity index (χ3n) is 2.06. The van der Waals surface area contributed by atoms with Gasteiger partial charge in [0.25, 0.3) is 0 Å². The number of amides is 1. The minimum atomic E-state index is -0.409. The number of unbranched alkanes of at least 4 members (excludes halogenated alkanes) is 1. The molecular weight excluding hydrogens is 182 g/mol. The second-order valence-electron chi connectivity index (χ2n) is 3.36. The van der Waals surface area contributed by atoms with Crippen molar-refractivity contribution in [3.63, 3.8) is 0 Å². The zero-order valence-corrected chi connectivity index (χ0v) is 9.08. The molecule has 0 rings (SSSR count). The van der Waals surface area contributed by atoms with Crippen molar-refractivity contribution in [1.82, 2.24) is 5.32 Å². The van der Waals surface area contributed by atoms with Gasteiger partial charge in [-0.1, -0.05) is 19.8 Å². The molecule has 84 valence electrons. The molecule has 0 aliphatic heterocycles. The highest BCUT2D eigenvalue weighted by Gasteiger charge is 2.03. The van der Waals surface area contributed by atoms with E-state index >= 15 is 0 Å². The summed E-state index contributed by atoms with van der Waals surface area (Å²) in [6.07, 6.45) is 3.92. The van der Waals surface area contributed by atoms with Crippen molar-refractivity contribution in [2.45, 2.75) is 45.1 Å². The smallest absolute Gasteiger partial charge is 0.406 e. The molecule has 1 amide bonds. The molecule has 0 aliphatic rings. The van der Waals surface area contributed by atoms with Crippen LogP contribution in [0.4, 0.5) is 4.79 Å². The fraction of sp³-hybridized carbons (Fsp3) is 0.900. The lowest BCUT2D eigenvalue weighted by molar-refractivity contribution is 0.146. The number of carbonyl (C=O) groups excluding carboxylic acids is 1. The van der Waals surface area contributed by atoms with E-state index < -0.39 is 6.09 Å². The molecule has 4 nitrogen and oxygen atoms in total. The van der Waals surface area contributed by atoms with E-state index in [9.17, 15) is 9.90 Å². The van der Waals surface area contributed by atoms with Gasteiger partial charge >= 0.3 is 6.09 Å². The summed E-state index contributed by atoms with van der Waals surface area (Å²) in [4.78, 5) is 10.6. The maximum atomic E-state index is 10.6. The maximum Gasteiger partial charge on any atom is 0.406 e. The van der Waals surface area contributed by atoms with Gasteiger partial charge in [-0.15, -0.1) is 0 Å². The maximum absolute atomic E-state index is 10.6. The zero-order valence-electron chi connectivity index (χ0n) is 9.08. The second-order valence-corrected chi connectivity index (χ2v) is 3.36. The molecule has 0 aliphatic carbocycles. The largest absolute Gasteiger partial charge is 0.453 e. The molecule has 0 radical (unpaired) electrons. The van der Waals surface area contributed by atoms with Crippen LogP contribution in [-0.2, 0) is 4.74 Å². The molecule has 0 aromatic rings. The summed E-state index contributed by atoms with van der Waals surface area (Å²) in [5.41, 5.74) is 0. The van der Waals surface area contributed by atoms with Crippen LogP contribution in [0.25, 0.3) is 0 Å². The summed E-state index contributed by atoms with van der Waals surface area (Å²) in [7, 11) is 1.34. The third kappa shape index (κ3) is 7.86. The minimum absolute atomic E-state index is 0.227. The van der Waals surface area contributed by atoms with Crippen LogP contribution in [-0.4, -0.2) is 31.0 Å². The van der Waals surface area contributed by atoms with Gasteiger partial charge in [-0.05, 0) is 19.3 Å². The van der Waals surface area contributed by atoms with Gasteiger partial charge in [0, 0.05) is 6.54 Å². The highest BCUT2D eigenvalue weighted by molar-refractivity contribution is 5.66. The molecule has 0 fully saturated rings. The number of aliphatic hydroxyl groups is 1. The summed E-state index contributed by atoms with van der Waals surface area (Å²) in [6.45, 7) is 2.67. The Kier molecular flexibility index (Phi) is 8.33. The monoisotopic (exact) mass is 203 g/mol. The van der Waals surface area contributed by atoms with Gasteiger partial charge in [0.05, 0.1) is 13.2 Å². The predicted octanol–water partition coefficient (Wildman–Crippen LogP) is 1.67. The average molecular weight is 203 g/mol. The summed E-state index contributed by atoms with van der Waals surface area (Å²) in [6, 6.07) is 0. The number of carbonyl (C=O) groups is 1. The first-order chi connectivity index (χ1) is 6.70. The molecule has 1 atom stereocenters. The van der Waals surface area contributed by atoms with E-state index in [2.05, 4.69) is 17.0 Å². The minimum Gasteiger partial charge on any atom is -0.453 e. The van der Waals surface area contributed by atoms with E-state index in [0.29, 0.717) is 6.54 Å². The fourth-order valence-electron chi connectivity index (χ4n) is 1.18. The lowest BCUT2D eigenvalue weighted by Gasteiger charge is -2.09. The van der Waals surface area contributed by atoms with E-state index in [0.717, 1.165) is 32.1 Å². The summed E-state index contributed by atoms with van der Waals surface area (Å²) < 4.78 is 4.41. The van der Waals surface area contributed by atoms with Crippen molar-refractivity contribution in [3.8, 4) is 0 Å². The molecule has 14 heavy (non-hydrogen) atoms. The van der Waals surface area contributed by atoms with E-state index in [1.54, 1.807) is 0 Å². The van der Waals surface area contributed by atoms with Gasteiger partial charge in [0.15, 0.2) is 0 Å². The van der Waals surface area contributed by atoms with Crippen molar-refractivity contribution in [3.05, 3.63) is 0 Å². The van der Waals surface area contributed by atoms with Crippen LogP contribution in [0.3, 0.4) is 0 Å². The molecule has 0 aromatic carbocycles. The summed E-state index contributed by atoms with van der Waals surface area (Å²) >= 11 is 0. The Morgan fingerprint density at radius 3 is 2.64 bits per heavy atom. The molecule has 0 saturated carbocycles. The molecular formula is C10H21NO3. The van der Waals surface area contributed by atoms with Crippen LogP contribution < -0.4 is 5.32 Å². The Labute approximate surface area is 85.6 Å². The molecule has 0 saturated heterocycles. The quantitative estimate of drug-likeness (QED) is 0.619. The third-order valence-corrected chi connectivity index (χ3v) is 2.06. The zero-order chi connectivity index (χ0) is 10.8. The Morgan fingerprint density at radius 2 is 2.07 bits per heavy atom. The fourth-order valence-corrected chi connectivity index (χ4v) is 1.18. The Balaban J connectivity index is 3.22. The predicted molar refractivity (Wildman–Crippen MR) is 55.2 cm³/mol.